The molecule has 0 aromatic heterocycles. The Morgan fingerprint density at radius 2 is 2.14 bits per heavy atom. The Kier molecular flexibility index (Phi) is 3.30. The standard InChI is InChI=1S/C20H28O2/c1-12-8-13-9-15(22-3)4-5-16(13)17-6-7-20(2)11-14(21)10-18(20)19(12)17/h4-5,9,12,14,17-19,21H,6-8,10-11H2,1-3H3/t12-,14+,17-,18+,19-,20-/m1/s1. The van der Waals surface area contributed by atoms with E-state index >= 15 is 0 Å². The molecule has 0 heterocycles. The van der Waals surface area contributed by atoms with E-state index < -0.39 is 0 Å². The summed E-state index contributed by atoms with van der Waals surface area (Å²) in [6.45, 7) is 4.86. The molecule has 1 aromatic rings. The van der Waals surface area contributed by atoms with E-state index in [1.54, 1.807) is 12.7 Å². The Hall–Kier alpha value is -1.02. The smallest absolute Gasteiger partial charge is 0.119 e. The van der Waals surface area contributed by atoms with Gasteiger partial charge in [-0.3, -0.25) is 0 Å². The molecule has 2 fully saturated rings. The third-order valence-corrected chi connectivity index (χ3v) is 7.03. The van der Waals surface area contributed by atoms with E-state index in [1.807, 2.05) is 0 Å². The van der Waals surface area contributed by atoms with Crippen LogP contribution in [0.3, 0.4) is 0 Å². The van der Waals surface area contributed by atoms with E-state index in [0.717, 1.165) is 30.9 Å². The van der Waals surface area contributed by atoms with Crippen molar-refractivity contribution < 1.29 is 9.84 Å². The molecule has 0 aliphatic heterocycles. The second kappa shape index (κ2) is 4.99. The normalized spacial score (nSPS) is 43.2. The van der Waals surface area contributed by atoms with Crippen LogP contribution in [0.2, 0.25) is 0 Å². The van der Waals surface area contributed by atoms with Crippen LogP contribution in [0.25, 0.3) is 0 Å². The Balaban J connectivity index is 1.73. The summed E-state index contributed by atoms with van der Waals surface area (Å²) >= 11 is 0. The minimum Gasteiger partial charge on any atom is -0.497 e. The highest BCUT2D eigenvalue weighted by Gasteiger charge is 2.54. The van der Waals surface area contributed by atoms with Crippen molar-refractivity contribution in [1.82, 2.24) is 0 Å². The molecule has 4 rings (SSSR count). The highest BCUT2D eigenvalue weighted by Crippen LogP contribution is 2.62. The quantitative estimate of drug-likeness (QED) is 0.844. The lowest BCUT2D eigenvalue weighted by Gasteiger charge is -2.51. The van der Waals surface area contributed by atoms with Gasteiger partial charge in [0.25, 0.3) is 0 Å². The Morgan fingerprint density at radius 1 is 1.32 bits per heavy atom. The lowest BCUT2D eigenvalue weighted by Crippen LogP contribution is -2.43. The van der Waals surface area contributed by atoms with E-state index in [-0.39, 0.29) is 6.10 Å². The molecule has 2 nitrogen and oxygen atoms in total. The van der Waals surface area contributed by atoms with Crippen molar-refractivity contribution in [2.24, 2.45) is 23.2 Å². The third kappa shape index (κ3) is 2.03. The second-order valence-electron chi connectivity index (χ2n) is 8.32. The first-order valence-electron chi connectivity index (χ1n) is 8.87. The van der Waals surface area contributed by atoms with Crippen LogP contribution in [0.1, 0.15) is 56.6 Å². The number of benzene rings is 1. The summed E-state index contributed by atoms with van der Waals surface area (Å²) in [5.41, 5.74) is 3.43. The molecule has 3 aliphatic rings. The van der Waals surface area contributed by atoms with Crippen LogP contribution in [0.15, 0.2) is 18.2 Å². The Morgan fingerprint density at radius 3 is 2.91 bits per heavy atom. The van der Waals surface area contributed by atoms with Crippen molar-refractivity contribution in [3.05, 3.63) is 29.3 Å². The van der Waals surface area contributed by atoms with Crippen LogP contribution in [-0.4, -0.2) is 18.3 Å². The van der Waals surface area contributed by atoms with Crippen molar-refractivity contribution in [3.8, 4) is 5.75 Å². The summed E-state index contributed by atoms with van der Waals surface area (Å²) in [6.07, 6.45) is 5.69. The number of rotatable bonds is 1. The van der Waals surface area contributed by atoms with Crippen LogP contribution in [0.5, 0.6) is 5.75 Å². The van der Waals surface area contributed by atoms with Crippen LogP contribution < -0.4 is 4.74 Å². The van der Waals surface area contributed by atoms with Crippen molar-refractivity contribution in [2.45, 2.75) is 58.0 Å². The molecule has 0 amide bonds. The van der Waals surface area contributed by atoms with Gasteiger partial charge in [-0.25, -0.2) is 0 Å². The lowest BCUT2D eigenvalue weighted by molar-refractivity contribution is 0.0313. The van der Waals surface area contributed by atoms with E-state index in [0.29, 0.717) is 23.2 Å². The van der Waals surface area contributed by atoms with Gasteiger partial charge in [0, 0.05) is 0 Å². The summed E-state index contributed by atoms with van der Waals surface area (Å²) in [4.78, 5) is 0. The highest BCUT2D eigenvalue weighted by molar-refractivity contribution is 5.41. The summed E-state index contributed by atoms with van der Waals surface area (Å²) in [7, 11) is 1.75. The molecule has 22 heavy (non-hydrogen) atoms. The SMILES string of the molecule is COc1ccc2c(c1)C[C@@H](C)[C@@H]1[C@@H]2CC[C@]2(C)C[C@@H](O)C[C@@H]12. The molecule has 0 unspecified atom stereocenters. The van der Waals surface area contributed by atoms with Gasteiger partial charge in [-0.2, -0.15) is 0 Å². The maximum absolute atomic E-state index is 10.2. The number of hydrogen-bond donors (Lipinski definition) is 1. The molecule has 0 saturated heterocycles. The summed E-state index contributed by atoms with van der Waals surface area (Å²) in [5, 5.41) is 10.2. The summed E-state index contributed by atoms with van der Waals surface area (Å²) in [6, 6.07) is 6.69. The minimum atomic E-state index is -0.0711. The Bertz CT molecular complexity index is 581. The number of aliphatic hydroxyl groups excluding tert-OH is 1. The first-order valence-corrected chi connectivity index (χ1v) is 8.87. The molecule has 1 aromatic carbocycles. The van der Waals surface area contributed by atoms with Crippen LogP contribution >= 0.6 is 0 Å². The van der Waals surface area contributed by atoms with Gasteiger partial charge in [-0.1, -0.05) is 19.9 Å². The minimum absolute atomic E-state index is 0.0711. The monoisotopic (exact) mass is 300 g/mol. The number of fused-ring (bicyclic) bond motifs is 5. The maximum atomic E-state index is 10.2. The zero-order valence-corrected chi connectivity index (χ0v) is 14.0. The molecule has 0 spiro atoms. The number of hydrogen-bond acceptors (Lipinski definition) is 2. The molecular weight excluding hydrogens is 272 g/mol. The second-order valence-corrected chi connectivity index (χ2v) is 8.32. The predicted octanol–water partition coefficient (Wildman–Crippen LogP) is 4.16. The number of aliphatic hydroxyl groups is 1. The zero-order valence-electron chi connectivity index (χ0n) is 14.0. The molecule has 0 radical (unpaired) electrons. The fourth-order valence-electron chi connectivity index (χ4n) is 6.10. The maximum Gasteiger partial charge on any atom is 0.119 e. The number of methoxy groups -OCH3 is 1. The van der Waals surface area contributed by atoms with Crippen LogP contribution in [0.4, 0.5) is 0 Å². The number of ether oxygens (including phenoxy) is 1. The van der Waals surface area contributed by atoms with Crippen molar-refractivity contribution >= 4 is 0 Å². The molecule has 3 aliphatic carbocycles. The topological polar surface area (TPSA) is 29.5 Å². The first kappa shape index (κ1) is 14.6. The van der Waals surface area contributed by atoms with Crippen molar-refractivity contribution in [1.29, 1.82) is 0 Å². The summed E-state index contributed by atoms with van der Waals surface area (Å²) in [5.74, 6) is 3.83. The highest BCUT2D eigenvalue weighted by atomic mass is 16.5. The molecule has 1 N–H and O–H groups in total. The third-order valence-electron chi connectivity index (χ3n) is 7.03. The van der Waals surface area contributed by atoms with Crippen LogP contribution in [0, 0.1) is 23.2 Å². The van der Waals surface area contributed by atoms with Gasteiger partial charge < -0.3 is 9.84 Å². The van der Waals surface area contributed by atoms with E-state index in [9.17, 15) is 5.11 Å². The van der Waals surface area contributed by atoms with Gasteiger partial charge in [0.1, 0.15) is 5.75 Å². The van der Waals surface area contributed by atoms with Gasteiger partial charge in [0.15, 0.2) is 0 Å². The largest absolute Gasteiger partial charge is 0.497 e. The van der Waals surface area contributed by atoms with Gasteiger partial charge in [0.2, 0.25) is 0 Å². The van der Waals surface area contributed by atoms with Crippen LogP contribution in [-0.2, 0) is 6.42 Å². The zero-order chi connectivity index (χ0) is 15.5. The fourth-order valence-corrected chi connectivity index (χ4v) is 6.10. The molecular formula is C20H28O2. The van der Waals surface area contributed by atoms with Gasteiger partial charge in [0.05, 0.1) is 13.2 Å². The lowest BCUT2D eigenvalue weighted by atomic mass is 9.53. The summed E-state index contributed by atoms with van der Waals surface area (Å²) < 4.78 is 5.42. The molecule has 2 heteroatoms. The molecule has 120 valence electrons. The fraction of sp³-hybridized carbons (Fsp3) is 0.700. The Labute approximate surface area is 133 Å². The predicted molar refractivity (Wildman–Crippen MR) is 88.2 cm³/mol. The van der Waals surface area contributed by atoms with Crippen molar-refractivity contribution in [2.75, 3.05) is 7.11 Å². The first-order chi connectivity index (χ1) is 10.5. The average Bonchev–Trinajstić information content (AvgIpc) is 2.80. The molecule has 0 bridgehead atoms. The average molecular weight is 300 g/mol. The van der Waals surface area contributed by atoms with Gasteiger partial charge in [-0.05, 0) is 84.5 Å². The van der Waals surface area contributed by atoms with E-state index in [2.05, 4.69) is 32.0 Å². The molecule has 2 saturated carbocycles. The van der Waals surface area contributed by atoms with E-state index in [1.165, 1.54) is 18.4 Å². The van der Waals surface area contributed by atoms with Gasteiger partial charge >= 0.3 is 0 Å². The molecule has 6 atom stereocenters. The van der Waals surface area contributed by atoms with Gasteiger partial charge in [-0.15, -0.1) is 0 Å². The van der Waals surface area contributed by atoms with E-state index in [4.69, 9.17) is 4.74 Å². The van der Waals surface area contributed by atoms with Crippen molar-refractivity contribution in [3.63, 3.8) is 0 Å².